The summed E-state index contributed by atoms with van der Waals surface area (Å²) in [4.78, 5) is 0. The number of aryl methyl sites for hydroxylation is 1. The van der Waals surface area contributed by atoms with Gasteiger partial charge < -0.3 is 9.84 Å². The molecule has 0 spiro atoms. The Hall–Kier alpha value is -1.83. The maximum atomic E-state index is 12.1. The molecule has 2 aromatic rings. The third-order valence-electron chi connectivity index (χ3n) is 1.96. The van der Waals surface area contributed by atoms with Crippen LogP contribution in [-0.2, 0) is 0 Å². The van der Waals surface area contributed by atoms with E-state index >= 15 is 0 Å². The highest BCUT2D eigenvalue weighted by atomic mass is 32.1. The monoisotopic (exact) mass is 276 g/mol. The molecule has 1 aromatic carbocycles. The molecule has 0 radical (unpaired) electrons. The van der Waals surface area contributed by atoms with Gasteiger partial charge in [-0.1, -0.05) is 11.3 Å². The second-order valence-electron chi connectivity index (χ2n) is 3.36. The van der Waals surface area contributed by atoms with E-state index < -0.39 is 17.9 Å². The van der Waals surface area contributed by atoms with Gasteiger partial charge in [0, 0.05) is 5.56 Å². The highest BCUT2D eigenvalue weighted by Crippen LogP contribution is 2.35. The van der Waals surface area contributed by atoms with Crippen LogP contribution in [0.25, 0.3) is 10.6 Å². The number of phenolic OH excluding ortho intramolecular Hbond substituents is 1. The van der Waals surface area contributed by atoms with Crippen LogP contribution in [-0.4, -0.2) is 21.7 Å². The van der Waals surface area contributed by atoms with E-state index in [0.29, 0.717) is 15.6 Å². The first-order valence-electron chi connectivity index (χ1n) is 4.74. The van der Waals surface area contributed by atoms with Crippen LogP contribution in [0, 0.1) is 6.92 Å². The molecule has 0 aliphatic rings. The number of nitrogens with zero attached hydrogens (tertiary/aromatic N) is 2. The summed E-state index contributed by atoms with van der Waals surface area (Å²) in [5.41, 5.74) is 0.401. The SMILES string of the molecule is Cc1nnc(-c2ccc(O)c(OC(F)(F)F)c2)s1. The Balaban J connectivity index is 2.37. The van der Waals surface area contributed by atoms with Crippen molar-refractivity contribution in [1.82, 2.24) is 10.2 Å². The normalized spacial score (nSPS) is 11.6. The highest BCUT2D eigenvalue weighted by Gasteiger charge is 2.32. The summed E-state index contributed by atoms with van der Waals surface area (Å²) < 4.78 is 40.0. The van der Waals surface area contributed by atoms with Gasteiger partial charge in [0.1, 0.15) is 10.0 Å². The molecule has 0 saturated carbocycles. The number of benzene rings is 1. The molecule has 1 aromatic heterocycles. The van der Waals surface area contributed by atoms with Crippen molar-refractivity contribution in [2.24, 2.45) is 0 Å². The second-order valence-corrected chi connectivity index (χ2v) is 4.54. The van der Waals surface area contributed by atoms with Gasteiger partial charge in [-0.25, -0.2) is 0 Å². The first kappa shape index (κ1) is 12.6. The number of hydrogen-bond acceptors (Lipinski definition) is 5. The highest BCUT2D eigenvalue weighted by molar-refractivity contribution is 7.14. The van der Waals surface area contributed by atoms with Crippen molar-refractivity contribution in [3.63, 3.8) is 0 Å². The molecule has 2 rings (SSSR count). The maximum Gasteiger partial charge on any atom is 0.573 e. The van der Waals surface area contributed by atoms with Crippen LogP contribution < -0.4 is 4.74 Å². The lowest BCUT2D eigenvalue weighted by Gasteiger charge is -2.10. The molecule has 0 unspecified atom stereocenters. The maximum absolute atomic E-state index is 12.1. The molecule has 0 aliphatic carbocycles. The van der Waals surface area contributed by atoms with Gasteiger partial charge in [0.2, 0.25) is 0 Å². The van der Waals surface area contributed by atoms with E-state index in [1.807, 2.05) is 0 Å². The van der Waals surface area contributed by atoms with Crippen LogP contribution >= 0.6 is 11.3 Å². The zero-order chi connectivity index (χ0) is 13.3. The molecule has 1 heterocycles. The Bertz CT molecular complexity index is 568. The van der Waals surface area contributed by atoms with Crippen molar-refractivity contribution in [2.75, 3.05) is 0 Å². The minimum absolute atomic E-state index is 0.401. The van der Waals surface area contributed by atoms with Crippen LogP contribution in [0.3, 0.4) is 0 Å². The molecule has 0 bridgehead atoms. The van der Waals surface area contributed by atoms with Gasteiger partial charge in [-0.3, -0.25) is 0 Å². The Labute approximate surface area is 104 Å². The number of ether oxygens (including phenoxy) is 1. The van der Waals surface area contributed by atoms with Gasteiger partial charge in [-0.05, 0) is 25.1 Å². The zero-order valence-corrected chi connectivity index (χ0v) is 9.84. The topological polar surface area (TPSA) is 55.2 Å². The number of phenols is 1. The molecule has 96 valence electrons. The van der Waals surface area contributed by atoms with Crippen molar-refractivity contribution in [1.29, 1.82) is 0 Å². The van der Waals surface area contributed by atoms with Crippen molar-refractivity contribution in [3.8, 4) is 22.1 Å². The van der Waals surface area contributed by atoms with Crippen molar-refractivity contribution < 1.29 is 23.0 Å². The zero-order valence-electron chi connectivity index (χ0n) is 9.02. The summed E-state index contributed by atoms with van der Waals surface area (Å²) in [5.74, 6) is -1.25. The van der Waals surface area contributed by atoms with Gasteiger partial charge >= 0.3 is 6.36 Å². The molecule has 0 atom stereocenters. The van der Waals surface area contributed by atoms with Crippen LogP contribution in [0.1, 0.15) is 5.01 Å². The fourth-order valence-electron chi connectivity index (χ4n) is 1.27. The fourth-order valence-corrected chi connectivity index (χ4v) is 1.95. The third kappa shape index (κ3) is 2.89. The van der Waals surface area contributed by atoms with Gasteiger partial charge in [-0.15, -0.1) is 23.4 Å². The molecule has 0 amide bonds. The van der Waals surface area contributed by atoms with E-state index in [9.17, 15) is 18.3 Å². The van der Waals surface area contributed by atoms with Crippen molar-refractivity contribution in [3.05, 3.63) is 23.2 Å². The largest absolute Gasteiger partial charge is 0.573 e. The molecule has 1 N–H and O–H groups in total. The Morgan fingerprint density at radius 1 is 1.28 bits per heavy atom. The van der Waals surface area contributed by atoms with E-state index in [-0.39, 0.29) is 0 Å². The standard InChI is InChI=1S/C10H7F3N2O2S/c1-5-14-15-9(18-5)6-2-3-7(16)8(4-6)17-10(11,12)13/h2-4,16H,1H3. The lowest BCUT2D eigenvalue weighted by atomic mass is 10.2. The Morgan fingerprint density at radius 2 is 2.00 bits per heavy atom. The predicted octanol–water partition coefficient (Wildman–Crippen LogP) is 3.12. The number of aromatic hydroxyl groups is 1. The molecule has 8 heteroatoms. The molecule has 0 aliphatic heterocycles. The molecule has 18 heavy (non-hydrogen) atoms. The molecular formula is C10H7F3N2O2S. The summed E-state index contributed by atoms with van der Waals surface area (Å²) >= 11 is 1.23. The van der Waals surface area contributed by atoms with Crippen LogP contribution in [0.2, 0.25) is 0 Å². The van der Waals surface area contributed by atoms with E-state index in [1.165, 1.54) is 17.4 Å². The summed E-state index contributed by atoms with van der Waals surface area (Å²) in [5, 5.41) is 18.0. The first-order valence-corrected chi connectivity index (χ1v) is 5.56. The van der Waals surface area contributed by atoms with Gasteiger partial charge in [0.05, 0.1) is 0 Å². The number of halogens is 3. The number of hydrogen-bond donors (Lipinski definition) is 1. The summed E-state index contributed by atoms with van der Waals surface area (Å²) in [6.07, 6.45) is -4.85. The summed E-state index contributed by atoms with van der Waals surface area (Å²) in [7, 11) is 0. The van der Waals surface area contributed by atoms with E-state index in [1.54, 1.807) is 6.92 Å². The van der Waals surface area contributed by atoms with Crippen molar-refractivity contribution in [2.45, 2.75) is 13.3 Å². The summed E-state index contributed by atoms with van der Waals surface area (Å²) in [6.45, 7) is 1.73. The Morgan fingerprint density at radius 3 is 2.56 bits per heavy atom. The van der Waals surface area contributed by atoms with Gasteiger partial charge in [0.25, 0.3) is 0 Å². The average molecular weight is 276 g/mol. The average Bonchev–Trinajstić information content (AvgIpc) is 2.66. The molecular weight excluding hydrogens is 269 g/mol. The third-order valence-corrected chi connectivity index (χ3v) is 2.85. The van der Waals surface area contributed by atoms with E-state index in [2.05, 4.69) is 14.9 Å². The lowest BCUT2D eigenvalue weighted by molar-refractivity contribution is -0.275. The van der Waals surface area contributed by atoms with E-state index in [4.69, 9.17) is 0 Å². The Kier molecular flexibility index (Phi) is 3.12. The van der Waals surface area contributed by atoms with Gasteiger partial charge in [-0.2, -0.15) is 0 Å². The number of aromatic nitrogens is 2. The predicted molar refractivity (Wildman–Crippen MR) is 58.4 cm³/mol. The fraction of sp³-hybridized carbons (Fsp3) is 0.200. The smallest absolute Gasteiger partial charge is 0.504 e. The molecule has 4 nitrogen and oxygen atoms in total. The quantitative estimate of drug-likeness (QED) is 0.915. The summed E-state index contributed by atoms with van der Waals surface area (Å²) in [6, 6.07) is 3.63. The van der Waals surface area contributed by atoms with E-state index in [0.717, 1.165) is 12.1 Å². The minimum atomic E-state index is -4.85. The minimum Gasteiger partial charge on any atom is -0.504 e. The second kappa shape index (κ2) is 4.45. The number of rotatable bonds is 2. The molecule has 0 saturated heterocycles. The number of alkyl halides is 3. The van der Waals surface area contributed by atoms with Crippen LogP contribution in [0.5, 0.6) is 11.5 Å². The first-order chi connectivity index (χ1) is 8.35. The van der Waals surface area contributed by atoms with Crippen molar-refractivity contribution >= 4 is 11.3 Å². The molecule has 0 fully saturated rings. The van der Waals surface area contributed by atoms with Gasteiger partial charge in [0.15, 0.2) is 11.5 Å². The lowest BCUT2D eigenvalue weighted by Crippen LogP contribution is -2.17. The van der Waals surface area contributed by atoms with Crippen LogP contribution in [0.15, 0.2) is 18.2 Å². The van der Waals surface area contributed by atoms with Crippen LogP contribution in [0.4, 0.5) is 13.2 Å².